The molecule has 0 N–H and O–H groups in total. The first-order valence-corrected chi connectivity index (χ1v) is 13.0. The first-order valence-electron chi connectivity index (χ1n) is 13.0. The number of rotatable bonds is 4. The molecule has 4 nitrogen and oxygen atoms in total. The van der Waals surface area contributed by atoms with E-state index in [9.17, 15) is 9.59 Å². The Morgan fingerprint density at radius 1 is 0.722 bits per heavy atom. The van der Waals surface area contributed by atoms with Gasteiger partial charge in [-0.25, -0.2) is 9.59 Å². The predicted molar refractivity (Wildman–Crippen MR) is 137 cm³/mol. The summed E-state index contributed by atoms with van der Waals surface area (Å²) in [6.45, 7) is 0. The average molecular weight is 477 g/mol. The van der Waals surface area contributed by atoms with Crippen LogP contribution in [0.15, 0.2) is 78.9 Å². The maximum atomic E-state index is 13.1. The Bertz CT molecular complexity index is 1360. The van der Waals surface area contributed by atoms with Crippen LogP contribution in [0.4, 0.5) is 0 Å². The Labute approximate surface area is 210 Å². The smallest absolute Gasteiger partial charge is 0.338 e. The molecule has 2 fully saturated rings. The molecule has 0 radical (unpaired) electrons. The summed E-state index contributed by atoms with van der Waals surface area (Å²) in [6, 6.07) is 23.0. The van der Waals surface area contributed by atoms with Gasteiger partial charge in [-0.2, -0.15) is 0 Å². The molecule has 3 aromatic carbocycles. The topological polar surface area (TPSA) is 52.6 Å². The van der Waals surface area contributed by atoms with Gasteiger partial charge in [-0.3, -0.25) is 0 Å². The fraction of sp³-hybridized carbons (Fsp3) is 0.312. The average Bonchev–Trinajstić information content (AvgIpc) is 3.58. The molecule has 0 saturated heterocycles. The monoisotopic (exact) mass is 476 g/mol. The lowest BCUT2D eigenvalue weighted by atomic mass is 9.76. The van der Waals surface area contributed by atoms with Crippen LogP contribution in [0.25, 0.3) is 6.08 Å². The molecule has 0 spiro atoms. The van der Waals surface area contributed by atoms with Crippen molar-refractivity contribution >= 4 is 18.0 Å². The summed E-state index contributed by atoms with van der Waals surface area (Å²) in [7, 11) is 0. The molecule has 0 heterocycles. The molecule has 2 saturated carbocycles. The van der Waals surface area contributed by atoms with Gasteiger partial charge in [0.15, 0.2) is 0 Å². The Morgan fingerprint density at radius 2 is 1.36 bits per heavy atom. The normalized spacial score (nSPS) is 28.8. The Morgan fingerprint density at radius 3 is 2.03 bits per heavy atom. The van der Waals surface area contributed by atoms with E-state index in [1.54, 1.807) is 24.3 Å². The quantitative estimate of drug-likeness (QED) is 0.433. The second-order valence-electron chi connectivity index (χ2n) is 10.6. The molecule has 0 aliphatic heterocycles. The van der Waals surface area contributed by atoms with Crippen LogP contribution in [0.2, 0.25) is 0 Å². The van der Waals surface area contributed by atoms with Gasteiger partial charge in [0.25, 0.3) is 0 Å². The number of ether oxygens (including phenoxy) is 2. The third-order valence-corrected chi connectivity index (χ3v) is 8.78. The van der Waals surface area contributed by atoms with E-state index < -0.39 is 12.2 Å². The zero-order chi connectivity index (χ0) is 24.2. The molecule has 4 aliphatic rings. The number of aryl methyl sites for hydroxylation is 1. The number of hydrogen-bond acceptors (Lipinski definition) is 4. The molecule has 4 aliphatic carbocycles. The van der Waals surface area contributed by atoms with E-state index in [1.807, 2.05) is 36.4 Å². The van der Waals surface area contributed by atoms with Crippen LogP contribution >= 0.6 is 0 Å². The van der Waals surface area contributed by atoms with Crippen molar-refractivity contribution in [1.29, 1.82) is 0 Å². The third-order valence-electron chi connectivity index (χ3n) is 8.78. The van der Waals surface area contributed by atoms with Crippen molar-refractivity contribution in [2.45, 2.75) is 43.8 Å². The van der Waals surface area contributed by atoms with Crippen molar-refractivity contribution in [3.8, 4) is 0 Å². The van der Waals surface area contributed by atoms with E-state index in [4.69, 9.17) is 9.47 Å². The van der Waals surface area contributed by atoms with E-state index in [0.29, 0.717) is 23.0 Å². The highest BCUT2D eigenvalue weighted by Crippen LogP contribution is 2.63. The number of allylic oxidation sites excluding steroid dienone is 1. The molecule has 2 bridgehead atoms. The van der Waals surface area contributed by atoms with Crippen LogP contribution in [0.1, 0.15) is 61.7 Å². The van der Waals surface area contributed by atoms with Crippen LogP contribution in [0.3, 0.4) is 0 Å². The van der Waals surface area contributed by atoms with Gasteiger partial charge in [-0.05, 0) is 84.0 Å². The van der Waals surface area contributed by atoms with E-state index in [2.05, 4.69) is 24.3 Å². The summed E-state index contributed by atoms with van der Waals surface area (Å²) >= 11 is 0. The highest BCUT2D eigenvalue weighted by molar-refractivity contribution is 5.90. The lowest BCUT2D eigenvalue weighted by Gasteiger charge is -2.37. The minimum Gasteiger partial charge on any atom is -0.455 e. The van der Waals surface area contributed by atoms with Gasteiger partial charge in [0.1, 0.15) is 12.2 Å². The molecular formula is C32H28O4. The molecule has 180 valence electrons. The zero-order valence-electron chi connectivity index (χ0n) is 20.0. The molecular weight excluding hydrogens is 448 g/mol. The number of esters is 2. The SMILES string of the molecule is O=C(OC1C2CC(C1OC(=O)c1ccccc1)C1c3cc4c(cc3CC21)CCC=C4)c1ccccc1. The Hall–Kier alpha value is -3.66. The molecule has 4 heteroatoms. The van der Waals surface area contributed by atoms with Crippen molar-refractivity contribution < 1.29 is 19.1 Å². The lowest BCUT2D eigenvalue weighted by molar-refractivity contribution is -0.0698. The first kappa shape index (κ1) is 21.6. The standard InChI is InChI=1S/C32H28O4/c33-31(19-9-3-1-4-10-19)35-29-26-18-27(30(29)36-32(34)20-11-5-2-6-12-20)28-24-16-22-14-8-7-13-21(22)15-23(24)17-25(26)28/h1-6,8-12,14-16,25-30H,7,13,17-18H2. The Kier molecular flexibility index (Phi) is 5.09. The van der Waals surface area contributed by atoms with Gasteiger partial charge in [0, 0.05) is 11.8 Å². The largest absolute Gasteiger partial charge is 0.455 e. The van der Waals surface area contributed by atoms with Gasteiger partial charge in [-0.15, -0.1) is 0 Å². The van der Waals surface area contributed by atoms with E-state index >= 15 is 0 Å². The predicted octanol–water partition coefficient (Wildman–Crippen LogP) is 6.00. The number of hydrogen-bond donors (Lipinski definition) is 0. The summed E-state index contributed by atoms with van der Waals surface area (Å²) in [6.07, 6.45) is 7.74. The van der Waals surface area contributed by atoms with Crippen LogP contribution < -0.4 is 0 Å². The highest BCUT2D eigenvalue weighted by Gasteiger charge is 2.63. The van der Waals surface area contributed by atoms with Crippen molar-refractivity contribution in [2.24, 2.45) is 17.8 Å². The van der Waals surface area contributed by atoms with Crippen LogP contribution in [0.5, 0.6) is 0 Å². The van der Waals surface area contributed by atoms with Gasteiger partial charge >= 0.3 is 11.9 Å². The molecule has 6 unspecified atom stereocenters. The molecule has 36 heavy (non-hydrogen) atoms. The molecule has 3 aromatic rings. The van der Waals surface area contributed by atoms with Crippen LogP contribution in [-0.2, 0) is 22.3 Å². The maximum absolute atomic E-state index is 13.1. The third kappa shape index (κ3) is 3.42. The summed E-state index contributed by atoms with van der Waals surface area (Å²) < 4.78 is 12.3. The van der Waals surface area contributed by atoms with Crippen molar-refractivity contribution in [3.63, 3.8) is 0 Å². The van der Waals surface area contributed by atoms with Crippen molar-refractivity contribution in [1.82, 2.24) is 0 Å². The summed E-state index contributed by atoms with van der Waals surface area (Å²) in [4.78, 5) is 26.2. The molecule has 0 amide bonds. The minimum atomic E-state index is -0.450. The van der Waals surface area contributed by atoms with E-state index in [1.165, 1.54) is 22.3 Å². The molecule has 6 atom stereocenters. The van der Waals surface area contributed by atoms with Gasteiger partial charge < -0.3 is 9.47 Å². The van der Waals surface area contributed by atoms with Crippen LogP contribution in [-0.4, -0.2) is 24.1 Å². The number of fused-ring (bicyclic) bond motifs is 8. The summed E-state index contributed by atoms with van der Waals surface area (Å²) in [5.74, 6) is 0.386. The highest BCUT2D eigenvalue weighted by atomic mass is 16.6. The first-order chi connectivity index (χ1) is 17.7. The summed E-state index contributed by atoms with van der Waals surface area (Å²) in [5.41, 5.74) is 6.65. The zero-order valence-corrected chi connectivity index (χ0v) is 20.0. The second-order valence-corrected chi connectivity index (χ2v) is 10.6. The van der Waals surface area contributed by atoms with Crippen LogP contribution in [0, 0.1) is 17.8 Å². The molecule has 7 rings (SSSR count). The van der Waals surface area contributed by atoms with Gasteiger partial charge in [0.2, 0.25) is 0 Å². The van der Waals surface area contributed by atoms with Gasteiger partial charge in [-0.1, -0.05) is 60.7 Å². The van der Waals surface area contributed by atoms with Crippen molar-refractivity contribution in [3.05, 3.63) is 112 Å². The van der Waals surface area contributed by atoms with E-state index in [-0.39, 0.29) is 23.8 Å². The maximum Gasteiger partial charge on any atom is 0.338 e. The fourth-order valence-electron chi connectivity index (χ4n) is 7.29. The summed E-state index contributed by atoms with van der Waals surface area (Å²) in [5, 5.41) is 0. The number of carbonyl (C=O) groups is 2. The fourth-order valence-corrected chi connectivity index (χ4v) is 7.29. The molecule has 0 aromatic heterocycles. The lowest BCUT2D eigenvalue weighted by Crippen LogP contribution is -2.45. The number of carbonyl (C=O) groups excluding carboxylic acids is 2. The van der Waals surface area contributed by atoms with E-state index in [0.717, 1.165) is 25.7 Å². The minimum absolute atomic E-state index is 0.146. The Balaban J connectivity index is 1.22. The number of benzene rings is 3. The van der Waals surface area contributed by atoms with Crippen molar-refractivity contribution in [2.75, 3.05) is 0 Å². The second kappa shape index (κ2) is 8.48. The van der Waals surface area contributed by atoms with Gasteiger partial charge in [0.05, 0.1) is 11.1 Å².